The molecular weight excluding hydrogens is 617 g/mol. The molecule has 0 fully saturated rings. The maximum absolute atomic E-state index is 13.1. The van der Waals surface area contributed by atoms with E-state index in [9.17, 15) is 33.9 Å². The maximum atomic E-state index is 13.1. The van der Waals surface area contributed by atoms with Gasteiger partial charge in [0.05, 0.1) is 11.1 Å². The SMILES string of the molecule is CC(C)(C)C(=O)Nc1ccc(C(=O)NNC(=O)[C@@H](OC(=O)c2ccc(Cl)cc2)[C@H](OC(=O)c2ccc(Cl)cc2)C(=O)O)cc1. The number of ether oxygens (including phenoxy) is 2. The fraction of sp³-hybridized carbons (Fsp3) is 0.200. The van der Waals surface area contributed by atoms with Crippen LogP contribution < -0.4 is 16.2 Å². The van der Waals surface area contributed by atoms with Gasteiger partial charge in [-0.15, -0.1) is 0 Å². The third-order valence-electron chi connectivity index (χ3n) is 5.79. The number of hydrogen-bond donors (Lipinski definition) is 4. The molecule has 4 N–H and O–H groups in total. The van der Waals surface area contributed by atoms with Gasteiger partial charge in [-0.3, -0.25) is 25.2 Å². The Morgan fingerprint density at radius 3 is 1.52 bits per heavy atom. The molecule has 44 heavy (non-hydrogen) atoms. The van der Waals surface area contributed by atoms with E-state index in [2.05, 4.69) is 10.7 Å². The number of carboxylic acid groups (broad SMARTS) is 1. The lowest BCUT2D eigenvalue weighted by atomic mass is 9.95. The second-order valence-electron chi connectivity index (χ2n) is 10.2. The van der Waals surface area contributed by atoms with E-state index in [1.54, 1.807) is 20.8 Å². The number of benzene rings is 3. The van der Waals surface area contributed by atoms with Crippen molar-refractivity contribution in [3.63, 3.8) is 0 Å². The summed E-state index contributed by atoms with van der Waals surface area (Å²) >= 11 is 11.7. The summed E-state index contributed by atoms with van der Waals surface area (Å²) in [5.41, 5.74) is 3.71. The maximum Gasteiger partial charge on any atom is 0.349 e. The van der Waals surface area contributed by atoms with Crippen LogP contribution in [-0.2, 0) is 23.9 Å². The van der Waals surface area contributed by atoms with Crippen molar-refractivity contribution >= 4 is 64.5 Å². The zero-order valence-electron chi connectivity index (χ0n) is 23.6. The number of carbonyl (C=O) groups is 6. The van der Waals surface area contributed by atoms with Crippen LogP contribution >= 0.6 is 23.2 Å². The van der Waals surface area contributed by atoms with E-state index in [0.717, 1.165) is 0 Å². The Balaban J connectivity index is 1.79. The molecule has 0 aromatic heterocycles. The molecule has 0 aliphatic heterocycles. The molecule has 3 aromatic rings. The van der Waals surface area contributed by atoms with Gasteiger partial charge in [0.2, 0.25) is 18.1 Å². The molecule has 0 heterocycles. The Hall–Kier alpha value is -4.94. The number of esters is 2. The molecule has 3 aromatic carbocycles. The zero-order chi connectivity index (χ0) is 32.6. The predicted molar refractivity (Wildman–Crippen MR) is 159 cm³/mol. The Bertz CT molecular complexity index is 1550. The van der Waals surface area contributed by atoms with E-state index in [-0.39, 0.29) is 22.6 Å². The summed E-state index contributed by atoms with van der Waals surface area (Å²) in [7, 11) is 0. The lowest BCUT2D eigenvalue weighted by Gasteiger charge is -2.23. The molecule has 3 rings (SSSR count). The topological polar surface area (TPSA) is 177 Å². The van der Waals surface area contributed by atoms with Gasteiger partial charge in [-0.25, -0.2) is 14.4 Å². The Kier molecular flexibility index (Phi) is 11.1. The second kappa shape index (κ2) is 14.5. The highest BCUT2D eigenvalue weighted by Gasteiger charge is 2.41. The average molecular weight is 644 g/mol. The molecule has 14 heteroatoms. The minimum Gasteiger partial charge on any atom is -0.478 e. The molecule has 12 nitrogen and oxygen atoms in total. The number of hydrazine groups is 1. The van der Waals surface area contributed by atoms with Crippen LogP contribution in [0, 0.1) is 5.41 Å². The van der Waals surface area contributed by atoms with Crippen molar-refractivity contribution in [3.8, 4) is 0 Å². The van der Waals surface area contributed by atoms with Crippen molar-refractivity contribution in [2.45, 2.75) is 33.0 Å². The summed E-state index contributed by atoms with van der Waals surface area (Å²) in [5.74, 6) is -6.53. The van der Waals surface area contributed by atoms with Crippen LogP contribution in [0.25, 0.3) is 0 Å². The molecule has 2 atom stereocenters. The number of aliphatic carboxylic acids is 1. The van der Waals surface area contributed by atoms with E-state index < -0.39 is 47.3 Å². The minimum atomic E-state index is -2.34. The molecule has 0 saturated carbocycles. The van der Waals surface area contributed by atoms with Crippen LogP contribution in [-0.4, -0.2) is 52.9 Å². The van der Waals surface area contributed by atoms with Gasteiger partial charge in [-0.2, -0.15) is 0 Å². The number of nitrogens with one attached hydrogen (secondary N) is 3. The van der Waals surface area contributed by atoms with Crippen LogP contribution in [0.2, 0.25) is 10.0 Å². The molecule has 0 unspecified atom stereocenters. The van der Waals surface area contributed by atoms with Crippen molar-refractivity contribution in [1.29, 1.82) is 0 Å². The molecule has 0 radical (unpaired) electrons. The van der Waals surface area contributed by atoms with Gasteiger partial charge in [0, 0.05) is 26.7 Å². The first kappa shape index (κ1) is 33.6. The van der Waals surface area contributed by atoms with Crippen molar-refractivity contribution in [3.05, 3.63) is 99.5 Å². The summed E-state index contributed by atoms with van der Waals surface area (Å²) in [6.45, 7) is 5.21. The van der Waals surface area contributed by atoms with Crippen molar-refractivity contribution in [1.82, 2.24) is 10.9 Å². The number of amides is 3. The summed E-state index contributed by atoms with van der Waals surface area (Å²) < 4.78 is 10.2. The van der Waals surface area contributed by atoms with Crippen molar-refractivity contribution < 1.29 is 43.3 Å². The number of halogens is 2. The molecule has 0 bridgehead atoms. The van der Waals surface area contributed by atoms with E-state index in [4.69, 9.17) is 32.7 Å². The van der Waals surface area contributed by atoms with Crippen molar-refractivity contribution in [2.24, 2.45) is 5.41 Å². The lowest BCUT2D eigenvalue weighted by Crippen LogP contribution is -2.54. The quantitative estimate of drug-likeness (QED) is 0.196. The van der Waals surface area contributed by atoms with E-state index in [0.29, 0.717) is 15.7 Å². The van der Waals surface area contributed by atoms with Gasteiger partial charge in [-0.1, -0.05) is 44.0 Å². The van der Waals surface area contributed by atoms with Crippen LogP contribution in [0.1, 0.15) is 51.8 Å². The van der Waals surface area contributed by atoms with E-state index >= 15 is 0 Å². The summed E-state index contributed by atoms with van der Waals surface area (Å²) in [5, 5.41) is 13.1. The third-order valence-corrected chi connectivity index (χ3v) is 6.29. The van der Waals surface area contributed by atoms with Crippen LogP contribution in [0.3, 0.4) is 0 Å². The van der Waals surface area contributed by atoms with Crippen molar-refractivity contribution in [2.75, 3.05) is 5.32 Å². The number of anilines is 1. The standard InChI is InChI=1S/C30H27Cl2N3O9/c1-30(2,3)29(42)33-21-14-8-16(9-15-21)24(36)34-35-25(37)22(43-27(40)17-4-10-19(31)11-5-17)23(26(38)39)44-28(41)18-6-12-20(32)13-7-18/h4-15,22-23H,1-3H3,(H,33,42)(H,34,36)(H,35,37)(H,38,39)/t22-,23-/m0/s1. The van der Waals surface area contributed by atoms with Gasteiger partial charge < -0.3 is 19.9 Å². The fourth-order valence-electron chi connectivity index (χ4n) is 3.32. The predicted octanol–water partition coefficient (Wildman–Crippen LogP) is 4.27. The monoisotopic (exact) mass is 643 g/mol. The van der Waals surface area contributed by atoms with Gasteiger partial charge >= 0.3 is 17.9 Å². The third kappa shape index (κ3) is 9.28. The van der Waals surface area contributed by atoms with Crippen LogP contribution in [0.4, 0.5) is 5.69 Å². The molecular formula is C30H27Cl2N3O9. The summed E-state index contributed by atoms with van der Waals surface area (Å²) in [4.78, 5) is 75.6. The average Bonchev–Trinajstić information content (AvgIpc) is 2.97. The minimum absolute atomic E-state index is 0.0534. The molecule has 230 valence electrons. The Morgan fingerprint density at radius 2 is 1.09 bits per heavy atom. The number of carboxylic acids is 1. The zero-order valence-corrected chi connectivity index (χ0v) is 25.1. The van der Waals surface area contributed by atoms with Gasteiger partial charge in [0.25, 0.3) is 11.8 Å². The lowest BCUT2D eigenvalue weighted by molar-refractivity contribution is -0.159. The summed E-state index contributed by atoms with van der Waals surface area (Å²) in [6, 6.07) is 16.2. The highest BCUT2D eigenvalue weighted by molar-refractivity contribution is 6.31. The van der Waals surface area contributed by atoms with Gasteiger partial charge in [0.15, 0.2) is 0 Å². The Labute approximate surface area is 261 Å². The number of carbonyl (C=O) groups excluding carboxylic acids is 5. The highest BCUT2D eigenvalue weighted by Crippen LogP contribution is 2.19. The number of hydrogen-bond acceptors (Lipinski definition) is 8. The second-order valence-corrected chi connectivity index (χ2v) is 11.1. The number of rotatable bonds is 9. The molecule has 3 amide bonds. The fourth-order valence-corrected chi connectivity index (χ4v) is 3.57. The van der Waals surface area contributed by atoms with E-state index in [1.165, 1.54) is 72.8 Å². The molecule has 0 spiro atoms. The molecule has 0 saturated heterocycles. The normalized spacial score (nSPS) is 12.2. The summed E-state index contributed by atoms with van der Waals surface area (Å²) in [6.07, 6.45) is -4.60. The largest absolute Gasteiger partial charge is 0.478 e. The van der Waals surface area contributed by atoms with Crippen LogP contribution in [0.15, 0.2) is 72.8 Å². The van der Waals surface area contributed by atoms with Crippen LogP contribution in [0.5, 0.6) is 0 Å². The first-order valence-electron chi connectivity index (χ1n) is 12.8. The van der Waals surface area contributed by atoms with Gasteiger partial charge in [-0.05, 0) is 72.8 Å². The molecule has 0 aliphatic carbocycles. The first-order valence-corrected chi connectivity index (χ1v) is 13.6. The smallest absolute Gasteiger partial charge is 0.349 e. The van der Waals surface area contributed by atoms with Gasteiger partial charge in [0.1, 0.15) is 0 Å². The first-order chi connectivity index (χ1) is 20.6. The van der Waals surface area contributed by atoms with E-state index in [1.807, 2.05) is 5.43 Å². The highest BCUT2D eigenvalue weighted by atomic mass is 35.5. The Morgan fingerprint density at radius 1 is 0.659 bits per heavy atom. The molecule has 0 aliphatic rings.